The van der Waals surface area contributed by atoms with Gasteiger partial charge in [-0.1, -0.05) is 48.0 Å². The van der Waals surface area contributed by atoms with Gasteiger partial charge in [0.05, 0.1) is 0 Å². The Kier molecular flexibility index (Phi) is 5.39. The molecule has 4 heteroatoms. The maximum atomic E-state index is 12.9. The molecular formula is C22H21O3P. The van der Waals surface area contributed by atoms with Crippen LogP contribution in [0.15, 0.2) is 66.7 Å². The van der Waals surface area contributed by atoms with Crippen molar-refractivity contribution < 1.29 is 13.9 Å². The highest BCUT2D eigenvalue weighted by molar-refractivity contribution is 7.48. The maximum absolute atomic E-state index is 12.9. The monoisotopic (exact) mass is 364 g/mol. The van der Waals surface area contributed by atoms with Crippen molar-refractivity contribution in [2.75, 3.05) is 0 Å². The van der Waals surface area contributed by atoms with Gasteiger partial charge < -0.3 is 4.52 Å². The van der Waals surface area contributed by atoms with E-state index in [9.17, 15) is 9.36 Å². The molecule has 0 aliphatic carbocycles. The van der Waals surface area contributed by atoms with E-state index in [2.05, 4.69) is 0 Å². The molecule has 0 aromatic heterocycles. The number of carbonyl (C=O) groups excluding carboxylic acids is 1. The van der Waals surface area contributed by atoms with Crippen LogP contribution in [0.1, 0.15) is 32.6 Å². The van der Waals surface area contributed by atoms with Gasteiger partial charge in [0, 0.05) is 16.4 Å². The van der Waals surface area contributed by atoms with Crippen LogP contribution in [0.2, 0.25) is 0 Å². The number of ketones is 1. The standard InChI is InChI=1S/C22H21O3P/c1-15-13-16(2)21(17(3)14-15)22(23)18-9-11-20(12-10-18)26(24)25-19-7-5-4-6-8-19/h4-14,26H,1-3H3. The molecule has 1 atom stereocenters. The van der Waals surface area contributed by atoms with Gasteiger partial charge in [0.1, 0.15) is 5.75 Å². The summed E-state index contributed by atoms with van der Waals surface area (Å²) in [6.07, 6.45) is 0. The van der Waals surface area contributed by atoms with Crippen molar-refractivity contribution in [1.82, 2.24) is 0 Å². The zero-order valence-corrected chi connectivity index (χ0v) is 16.1. The lowest BCUT2D eigenvalue weighted by Gasteiger charge is -2.11. The van der Waals surface area contributed by atoms with Crippen molar-refractivity contribution in [3.05, 3.63) is 94.5 Å². The molecule has 3 aromatic carbocycles. The topological polar surface area (TPSA) is 43.4 Å². The van der Waals surface area contributed by atoms with E-state index in [1.54, 1.807) is 36.4 Å². The van der Waals surface area contributed by atoms with Crippen LogP contribution in [0.25, 0.3) is 0 Å². The summed E-state index contributed by atoms with van der Waals surface area (Å²) in [5, 5.41) is 0.591. The molecule has 0 aliphatic heterocycles. The number of hydrogen-bond donors (Lipinski definition) is 0. The molecule has 0 radical (unpaired) electrons. The van der Waals surface area contributed by atoms with Crippen molar-refractivity contribution in [2.45, 2.75) is 20.8 Å². The lowest BCUT2D eigenvalue weighted by Crippen LogP contribution is -2.08. The largest absolute Gasteiger partial charge is 0.442 e. The van der Waals surface area contributed by atoms with Crippen LogP contribution in [-0.4, -0.2) is 5.78 Å². The molecule has 0 fully saturated rings. The lowest BCUT2D eigenvalue weighted by molar-refractivity contribution is 0.103. The number of hydrogen-bond acceptors (Lipinski definition) is 3. The molecule has 3 rings (SSSR count). The van der Waals surface area contributed by atoms with E-state index in [0.717, 1.165) is 22.3 Å². The van der Waals surface area contributed by atoms with Crippen molar-refractivity contribution in [2.24, 2.45) is 0 Å². The summed E-state index contributed by atoms with van der Waals surface area (Å²) in [6.45, 7) is 5.93. The highest BCUT2D eigenvalue weighted by atomic mass is 31.1. The second kappa shape index (κ2) is 7.72. The summed E-state index contributed by atoms with van der Waals surface area (Å²) >= 11 is 0. The van der Waals surface area contributed by atoms with E-state index in [0.29, 0.717) is 16.6 Å². The Bertz CT molecular complexity index is 937. The zero-order chi connectivity index (χ0) is 18.7. The van der Waals surface area contributed by atoms with E-state index in [-0.39, 0.29) is 5.78 Å². The number of para-hydroxylation sites is 1. The minimum atomic E-state index is -2.41. The van der Waals surface area contributed by atoms with E-state index in [1.807, 2.05) is 51.1 Å². The lowest BCUT2D eigenvalue weighted by atomic mass is 9.93. The molecule has 0 N–H and O–H groups in total. The van der Waals surface area contributed by atoms with Crippen molar-refractivity contribution in [3.8, 4) is 5.75 Å². The average Bonchev–Trinajstić information content (AvgIpc) is 2.61. The molecule has 3 aromatic rings. The summed E-state index contributed by atoms with van der Waals surface area (Å²) in [7, 11) is -2.41. The summed E-state index contributed by atoms with van der Waals surface area (Å²) in [5.41, 5.74) is 4.40. The van der Waals surface area contributed by atoms with Crippen LogP contribution >= 0.6 is 8.03 Å². The normalized spacial score (nSPS) is 11.8. The molecule has 0 saturated heterocycles. The fraction of sp³-hybridized carbons (Fsp3) is 0.136. The van der Waals surface area contributed by atoms with Crippen LogP contribution in [0.5, 0.6) is 5.75 Å². The Morgan fingerprint density at radius 1 is 0.846 bits per heavy atom. The number of carbonyl (C=O) groups is 1. The number of rotatable bonds is 5. The Morgan fingerprint density at radius 3 is 2.00 bits per heavy atom. The van der Waals surface area contributed by atoms with Gasteiger partial charge in [-0.15, -0.1) is 0 Å². The van der Waals surface area contributed by atoms with Gasteiger partial charge in [-0.25, -0.2) is 0 Å². The molecule has 0 spiro atoms. The Labute approximate surface area is 154 Å². The molecule has 26 heavy (non-hydrogen) atoms. The quantitative estimate of drug-likeness (QED) is 0.471. The minimum absolute atomic E-state index is 0.0183. The van der Waals surface area contributed by atoms with Gasteiger partial charge in [0.25, 0.3) is 8.03 Å². The third-order valence-corrected chi connectivity index (χ3v) is 5.47. The van der Waals surface area contributed by atoms with Crippen molar-refractivity contribution in [3.63, 3.8) is 0 Å². The third-order valence-electron chi connectivity index (χ3n) is 4.24. The molecule has 0 aliphatic rings. The summed E-state index contributed by atoms with van der Waals surface area (Å²) in [5.74, 6) is 0.553. The first-order chi connectivity index (χ1) is 12.5. The highest BCUT2D eigenvalue weighted by Crippen LogP contribution is 2.26. The first-order valence-corrected chi connectivity index (χ1v) is 9.77. The number of benzene rings is 3. The second-order valence-corrected chi connectivity index (χ2v) is 7.74. The van der Waals surface area contributed by atoms with Gasteiger partial charge in [-0.3, -0.25) is 9.36 Å². The van der Waals surface area contributed by atoms with Gasteiger partial charge >= 0.3 is 0 Å². The summed E-state index contributed by atoms with van der Waals surface area (Å²) < 4.78 is 17.9. The smallest absolute Gasteiger partial charge is 0.265 e. The predicted molar refractivity (Wildman–Crippen MR) is 106 cm³/mol. The van der Waals surface area contributed by atoms with Gasteiger partial charge in [-0.2, -0.15) is 0 Å². The highest BCUT2D eigenvalue weighted by Gasteiger charge is 2.15. The Balaban J connectivity index is 1.81. The van der Waals surface area contributed by atoms with Crippen molar-refractivity contribution in [1.29, 1.82) is 0 Å². The average molecular weight is 364 g/mol. The van der Waals surface area contributed by atoms with Crippen LogP contribution in [0.4, 0.5) is 0 Å². The molecule has 0 amide bonds. The first kappa shape index (κ1) is 18.2. The fourth-order valence-electron chi connectivity index (χ4n) is 3.09. The molecule has 3 nitrogen and oxygen atoms in total. The third kappa shape index (κ3) is 3.95. The first-order valence-electron chi connectivity index (χ1n) is 8.45. The SMILES string of the molecule is Cc1cc(C)c(C(=O)c2ccc([PH](=O)Oc3ccccc3)cc2)c(C)c1. The minimum Gasteiger partial charge on any atom is -0.442 e. The van der Waals surface area contributed by atoms with Crippen LogP contribution in [0, 0.1) is 20.8 Å². The molecular weight excluding hydrogens is 343 g/mol. The molecule has 0 heterocycles. The summed E-state index contributed by atoms with van der Waals surface area (Å²) in [4.78, 5) is 12.9. The molecule has 0 saturated carbocycles. The second-order valence-electron chi connectivity index (χ2n) is 6.38. The van der Waals surface area contributed by atoms with Crippen LogP contribution in [-0.2, 0) is 4.57 Å². The molecule has 1 unspecified atom stereocenters. The Morgan fingerprint density at radius 2 is 1.42 bits per heavy atom. The zero-order valence-electron chi connectivity index (χ0n) is 15.1. The molecule has 132 valence electrons. The maximum Gasteiger partial charge on any atom is 0.265 e. The van der Waals surface area contributed by atoms with E-state index >= 15 is 0 Å². The number of aryl methyl sites for hydroxylation is 3. The van der Waals surface area contributed by atoms with Gasteiger partial charge in [0.15, 0.2) is 5.78 Å². The fourth-order valence-corrected chi connectivity index (χ4v) is 4.00. The predicted octanol–water partition coefficient (Wildman–Crippen LogP) is 5.02. The van der Waals surface area contributed by atoms with E-state index in [1.165, 1.54) is 0 Å². The molecule has 0 bridgehead atoms. The van der Waals surface area contributed by atoms with E-state index in [4.69, 9.17) is 4.52 Å². The van der Waals surface area contributed by atoms with Crippen LogP contribution in [0.3, 0.4) is 0 Å². The summed E-state index contributed by atoms with van der Waals surface area (Å²) in [6, 6.07) is 19.9. The van der Waals surface area contributed by atoms with Gasteiger partial charge in [-0.05, 0) is 56.2 Å². The van der Waals surface area contributed by atoms with Crippen molar-refractivity contribution >= 4 is 19.1 Å². The van der Waals surface area contributed by atoms with Gasteiger partial charge in [0.2, 0.25) is 0 Å². The van der Waals surface area contributed by atoms with E-state index < -0.39 is 8.03 Å². The van der Waals surface area contributed by atoms with Crippen LogP contribution < -0.4 is 9.83 Å². The Hall–Kier alpha value is -2.64.